The maximum atomic E-state index is 12.3. The van der Waals surface area contributed by atoms with Gasteiger partial charge in [0.1, 0.15) is 0 Å². The van der Waals surface area contributed by atoms with Crippen molar-refractivity contribution < 1.29 is 16.8 Å². The fourth-order valence-electron chi connectivity index (χ4n) is 2.48. The number of sulfone groups is 1. The van der Waals surface area contributed by atoms with Gasteiger partial charge in [-0.05, 0) is 35.4 Å². The van der Waals surface area contributed by atoms with E-state index >= 15 is 0 Å². The SMILES string of the molecule is CC(C)(C)c1ccc(S(=O)(=O)NCC2CCS(=O)(=O)C2)cc1. The first-order chi connectivity index (χ1) is 10.00. The molecule has 1 aliphatic rings. The van der Waals surface area contributed by atoms with E-state index in [9.17, 15) is 16.8 Å². The molecule has 1 aliphatic heterocycles. The van der Waals surface area contributed by atoms with Crippen molar-refractivity contribution in [1.82, 2.24) is 4.72 Å². The smallest absolute Gasteiger partial charge is 0.229 e. The van der Waals surface area contributed by atoms with Gasteiger partial charge in [-0.3, -0.25) is 0 Å². The minimum absolute atomic E-state index is 0.0338. The molecule has 5 nitrogen and oxygen atoms in total. The van der Waals surface area contributed by atoms with Crippen molar-refractivity contribution in [3.8, 4) is 0 Å². The lowest BCUT2D eigenvalue weighted by atomic mass is 9.87. The first-order valence-corrected chi connectivity index (χ1v) is 10.6. The van der Waals surface area contributed by atoms with Crippen LogP contribution in [-0.4, -0.2) is 34.9 Å². The quantitative estimate of drug-likeness (QED) is 0.900. The molecule has 2 rings (SSSR count). The highest BCUT2D eigenvalue weighted by molar-refractivity contribution is 7.91. The standard InChI is InChI=1S/C15H23NO4S2/c1-15(2,3)13-4-6-14(7-5-13)22(19,20)16-10-12-8-9-21(17,18)11-12/h4-7,12,16H,8-11H2,1-3H3. The van der Waals surface area contributed by atoms with Crippen molar-refractivity contribution in [2.75, 3.05) is 18.1 Å². The maximum absolute atomic E-state index is 12.3. The molecule has 1 saturated heterocycles. The Labute approximate surface area is 133 Å². The predicted molar refractivity (Wildman–Crippen MR) is 87.1 cm³/mol. The van der Waals surface area contributed by atoms with E-state index < -0.39 is 19.9 Å². The van der Waals surface area contributed by atoms with Gasteiger partial charge < -0.3 is 0 Å². The van der Waals surface area contributed by atoms with Gasteiger partial charge in [0, 0.05) is 6.54 Å². The molecule has 7 heteroatoms. The summed E-state index contributed by atoms with van der Waals surface area (Å²) in [6, 6.07) is 6.81. The number of sulfonamides is 1. The van der Waals surface area contributed by atoms with Crippen molar-refractivity contribution in [3.63, 3.8) is 0 Å². The number of rotatable bonds is 4. The molecule has 22 heavy (non-hydrogen) atoms. The predicted octanol–water partition coefficient (Wildman–Crippen LogP) is 1.70. The molecule has 0 bridgehead atoms. The number of hydrogen-bond donors (Lipinski definition) is 1. The van der Waals surface area contributed by atoms with Gasteiger partial charge in [-0.1, -0.05) is 32.9 Å². The first kappa shape index (κ1) is 17.4. The van der Waals surface area contributed by atoms with Gasteiger partial charge in [0.25, 0.3) is 0 Å². The fraction of sp³-hybridized carbons (Fsp3) is 0.600. The van der Waals surface area contributed by atoms with Crippen LogP contribution in [0.5, 0.6) is 0 Å². The Morgan fingerprint density at radius 1 is 1.18 bits per heavy atom. The maximum Gasteiger partial charge on any atom is 0.240 e. The summed E-state index contributed by atoms with van der Waals surface area (Å²) in [5.41, 5.74) is 1.03. The Kier molecular flexibility index (Phi) is 4.71. The lowest BCUT2D eigenvalue weighted by Crippen LogP contribution is -2.30. The third-order valence-electron chi connectivity index (χ3n) is 3.92. The zero-order valence-electron chi connectivity index (χ0n) is 13.2. The van der Waals surface area contributed by atoms with Crippen LogP contribution in [0.1, 0.15) is 32.8 Å². The second kappa shape index (κ2) is 5.94. The summed E-state index contributed by atoms with van der Waals surface area (Å²) in [4.78, 5) is 0.210. The van der Waals surface area contributed by atoms with Gasteiger partial charge in [0.15, 0.2) is 9.84 Å². The van der Waals surface area contributed by atoms with Crippen LogP contribution in [0.2, 0.25) is 0 Å². The summed E-state index contributed by atoms with van der Waals surface area (Å²) < 4.78 is 49.8. The highest BCUT2D eigenvalue weighted by Gasteiger charge is 2.29. The highest BCUT2D eigenvalue weighted by Crippen LogP contribution is 2.23. The monoisotopic (exact) mass is 345 g/mol. The highest BCUT2D eigenvalue weighted by atomic mass is 32.2. The molecule has 1 aromatic rings. The average Bonchev–Trinajstić information content (AvgIpc) is 2.75. The fourth-order valence-corrected chi connectivity index (χ4v) is 5.46. The van der Waals surface area contributed by atoms with E-state index in [2.05, 4.69) is 25.5 Å². The molecule has 1 aromatic carbocycles. The van der Waals surface area contributed by atoms with Crippen LogP contribution in [0, 0.1) is 5.92 Å². The molecule has 124 valence electrons. The largest absolute Gasteiger partial charge is 0.240 e. The van der Waals surface area contributed by atoms with Gasteiger partial charge in [-0.2, -0.15) is 0 Å². The van der Waals surface area contributed by atoms with Crippen molar-refractivity contribution >= 4 is 19.9 Å². The van der Waals surface area contributed by atoms with Gasteiger partial charge >= 0.3 is 0 Å². The third kappa shape index (κ3) is 4.30. The topological polar surface area (TPSA) is 80.3 Å². The molecule has 1 heterocycles. The van der Waals surface area contributed by atoms with E-state index in [1.807, 2.05) is 12.1 Å². The molecule has 0 saturated carbocycles. The summed E-state index contributed by atoms with van der Waals surface area (Å²) in [6.45, 7) is 6.36. The zero-order chi connectivity index (χ0) is 16.6. The van der Waals surface area contributed by atoms with Crippen molar-refractivity contribution in [1.29, 1.82) is 0 Å². The van der Waals surface area contributed by atoms with Crippen molar-refractivity contribution in [3.05, 3.63) is 29.8 Å². The van der Waals surface area contributed by atoms with E-state index in [-0.39, 0.29) is 34.3 Å². The molecule has 0 amide bonds. The Balaban J connectivity index is 2.04. The van der Waals surface area contributed by atoms with Gasteiger partial charge in [0.05, 0.1) is 16.4 Å². The summed E-state index contributed by atoms with van der Waals surface area (Å²) >= 11 is 0. The van der Waals surface area contributed by atoms with E-state index in [0.29, 0.717) is 6.42 Å². The lowest BCUT2D eigenvalue weighted by Gasteiger charge is -2.19. The first-order valence-electron chi connectivity index (χ1n) is 7.30. The average molecular weight is 345 g/mol. The Bertz CT molecular complexity index is 729. The van der Waals surface area contributed by atoms with Gasteiger partial charge in [-0.25, -0.2) is 21.6 Å². The summed E-state index contributed by atoms with van der Waals surface area (Å²) in [6.07, 6.45) is 0.522. The molecule has 0 spiro atoms. The van der Waals surface area contributed by atoms with Gasteiger partial charge in [-0.15, -0.1) is 0 Å². The molecule has 1 unspecified atom stereocenters. The minimum atomic E-state index is -3.59. The minimum Gasteiger partial charge on any atom is -0.229 e. The van der Waals surface area contributed by atoms with E-state index in [4.69, 9.17) is 0 Å². The van der Waals surface area contributed by atoms with E-state index in [1.54, 1.807) is 12.1 Å². The molecule has 0 aliphatic carbocycles. The number of hydrogen-bond acceptors (Lipinski definition) is 4. The zero-order valence-corrected chi connectivity index (χ0v) is 14.8. The molecule has 0 aromatic heterocycles. The number of nitrogens with one attached hydrogen (secondary N) is 1. The lowest BCUT2D eigenvalue weighted by molar-refractivity contribution is 0.543. The van der Waals surface area contributed by atoms with Crippen LogP contribution in [0.25, 0.3) is 0 Å². The van der Waals surface area contributed by atoms with E-state index in [1.165, 1.54) is 0 Å². The van der Waals surface area contributed by atoms with Gasteiger partial charge in [0.2, 0.25) is 10.0 Å². The van der Waals surface area contributed by atoms with Crippen LogP contribution < -0.4 is 4.72 Å². The van der Waals surface area contributed by atoms with Crippen LogP contribution in [0.15, 0.2) is 29.2 Å². The van der Waals surface area contributed by atoms with Crippen molar-refractivity contribution in [2.24, 2.45) is 5.92 Å². The van der Waals surface area contributed by atoms with E-state index in [0.717, 1.165) is 5.56 Å². The Hall–Kier alpha value is -0.920. The second-order valence-electron chi connectivity index (χ2n) is 6.90. The third-order valence-corrected chi connectivity index (χ3v) is 7.20. The molecular formula is C15H23NO4S2. The van der Waals surface area contributed by atoms with Crippen molar-refractivity contribution in [2.45, 2.75) is 37.5 Å². The Morgan fingerprint density at radius 2 is 1.77 bits per heavy atom. The summed E-state index contributed by atoms with van der Waals surface area (Å²) in [5, 5.41) is 0. The summed E-state index contributed by atoms with van der Waals surface area (Å²) in [5.74, 6) is 0.0895. The molecule has 1 fully saturated rings. The molecular weight excluding hydrogens is 322 g/mol. The molecule has 1 atom stereocenters. The summed E-state index contributed by atoms with van der Waals surface area (Å²) in [7, 11) is -6.58. The van der Waals surface area contributed by atoms with Crippen LogP contribution in [0.4, 0.5) is 0 Å². The second-order valence-corrected chi connectivity index (χ2v) is 10.9. The van der Waals surface area contributed by atoms with Crippen LogP contribution in [-0.2, 0) is 25.3 Å². The molecule has 1 N–H and O–H groups in total. The van der Waals surface area contributed by atoms with Crippen LogP contribution in [0.3, 0.4) is 0 Å². The number of benzene rings is 1. The molecule has 0 radical (unpaired) electrons. The van der Waals surface area contributed by atoms with Crippen LogP contribution >= 0.6 is 0 Å². The normalized spacial score (nSPS) is 21.9. The Morgan fingerprint density at radius 3 is 2.23 bits per heavy atom.